The second-order valence-corrected chi connectivity index (χ2v) is 4.74. The third-order valence-corrected chi connectivity index (χ3v) is 3.35. The lowest BCUT2D eigenvalue weighted by Crippen LogP contribution is -2.33. The first-order chi connectivity index (χ1) is 7.66. The van der Waals surface area contributed by atoms with Crippen molar-refractivity contribution in [2.75, 3.05) is 0 Å². The summed E-state index contributed by atoms with van der Waals surface area (Å²) in [6.45, 7) is 2.93. The van der Waals surface area contributed by atoms with Crippen LogP contribution in [0.1, 0.15) is 17.8 Å². The first kappa shape index (κ1) is 14.1. The van der Waals surface area contributed by atoms with Crippen LogP contribution in [-0.4, -0.2) is 11.8 Å². The molecule has 1 aromatic rings. The van der Waals surface area contributed by atoms with Gasteiger partial charge in [-0.25, -0.2) is 4.99 Å². The molecule has 0 aromatic carbocycles. The lowest BCUT2D eigenvalue weighted by molar-refractivity contribution is -0.698. The van der Waals surface area contributed by atoms with E-state index in [0.717, 1.165) is 13.0 Å². The summed E-state index contributed by atoms with van der Waals surface area (Å²) in [6.07, 6.45) is 4.84. The molecule has 0 atom stereocenters. The number of carbonyl (C=O) groups excluding carboxylic acids is 1. The highest BCUT2D eigenvalue weighted by molar-refractivity contribution is 8.93. The maximum absolute atomic E-state index is 11.2. The first-order valence-electron chi connectivity index (χ1n) is 5.11. The summed E-state index contributed by atoms with van der Waals surface area (Å²) in [6, 6.07) is 0. The Hall–Kier alpha value is -1.01. The van der Waals surface area contributed by atoms with E-state index in [4.69, 9.17) is 0 Å². The highest BCUT2D eigenvalue weighted by Crippen LogP contribution is 2.11. The number of hydrogen-bond acceptors (Lipinski definition) is 3. The molecule has 2 heterocycles. The lowest BCUT2D eigenvalue weighted by Gasteiger charge is -2.07. The van der Waals surface area contributed by atoms with Crippen molar-refractivity contribution in [2.24, 2.45) is 4.99 Å². The summed E-state index contributed by atoms with van der Waals surface area (Å²) in [5.74, 6) is -0.781. The maximum atomic E-state index is 11.2. The number of amides is 1. The molecule has 4 nitrogen and oxygen atoms in total. The Morgan fingerprint density at radius 3 is 2.82 bits per heavy atom. The number of hydrogen-bond donors (Lipinski definition) is 0. The number of aromatic nitrogens is 1. The molecular weight excluding hydrogens is 304 g/mol. The highest BCUT2D eigenvalue weighted by Gasteiger charge is 2.11. The van der Waals surface area contributed by atoms with Crippen LogP contribution in [0.5, 0.6) is 0 Å². The number of carbonyl (C=O) groups is 1. The van der Waals surface area contributed by atoms with Crippen molar-refractivity contribution in [3.63, 3.8) is 0 Å². The van der Waals surface area contributed by atoms with Crippen LogP contribution in [0.3, 0.4) is 0 Å². The molecule has 17 heavy (non-hydrogen) atoms. The van der Waals surface area contributed by atoms with Gasteiger partial charge >= 0.3 is 0 Å². The molecule has 0 spiro atoms. The van der Waals surface area contributed by atoms with E-state index in [0.29, 0.717) is 12.0 Å². The van der Waals surface area contributed by atoms with Crippen LogP contribution in [0.15, 0.2) is 28.2 Å². The van der Waals surface area contributed by atoms with Gasteiger partial charge in [-0.2, -0.15) is 4.57 Å². The zero-order chi connectivity index (χ0) is 11.5. The van der Waals surface area contributed by atoms with Gasteiger partial charge in [-0.15, -0.1) is 17.0 Å². The summed E-state index contributed by atoms with van der Waals surface area (Å²) in [5, 5.41) is 14.5. The normalized spacial score (nSPS) is 14.3. The standard InChI is InChI=1S/C11H12N2O2S.BrH/c1-8-13(5-6-16-8)4-2-3-9-7-10(14)12-11(9)15;/h5-7H,2-4H2,1H3;1H. The molecule has 2 rings (SSSR count). The Bertz CT molecular complexity index is 480. The van der Waals surface area contributed by atoms with Crippen molar-refractivity contribution in [3.05, 3.63) is 28.2 Å². The first-order valence-corrected chi connectivity index (χ1v) is 5.99. The van der Waals surface area contributed by atoms with E-state index in [1.807, 2.05) is 11.6 Å². The molecule has 0 fully saturated rings. The van der Waals surface area contributed by atoms with Gasteiger partial charge in [0, 0.05) is 19.4 Å². The van der Waals surface area contributed by atoms with Crippen molar-refractivity contribution in [3.8, 4) is 0 Å². The van der Waals surface area contributed by atoms with Gasteiger partial charge < -0.3 is 5.11 Å². The highest BCUT2D eigenvalue weighted by atomic mass is 79.9. The predicted molar refractivity (Wildman–Crippen MR) is 69.3 cm³/mol. The molecule has 0 unspecified atom stereocenters. The second-order valence-electron chi connectivity index (χ2n) is 3.64. The third-order valence-electron chi connectivity index (χ3n) is 2.51. The second kappa shape index (κ2) is 6.07. The molecular formula is C11H13BrN2O2S. The van der Waals surface area contributed by atoms with Gasteiger partial charge in [0.05, 0.1) is 5.38 Å². The van der Waals surface area contributed by atoms with Crippen LogP contribution in [0.4, 0.5) is 0 Å². The van der Waals surface area contributed by atoms with Gasteiger partial charge in [0.15, 0.2) is 6.20 Å². The Kier molecular flexibility index (Phi) is 5.02. The monoisotopic (exact) mass is 316 g/mol. The van der Waals surface area contributed by atoms with Gasteiger partial charge in [0.25, 0.3) is 5.91 Å². The van der Waals surface area contributed by atoms with Crippen LogP contribution in [-0.2, 0) is 11.3 Å². The third kappa shape index (κ3) is 3.47. The molecule has 0 saturated heterocycles. The number of aliphatic imine (C=N–C) groups is 1. The van der Waals surface area contributed by atoms with Gasteiger partial charge in [-0.3, -0.25) is 4.79 Å². The SMILES string of the molecule is Br.Cc1scc[n+]1CCCC1=CC(=O)N=C1[O-]. The van der Waals surface area contributed by atoms with Crippen LogP contribution in [0, 0.1) is 6.92 Å². The molecule has 6 heteroatoms. The predicted octanol–water partition coefficient (Wildman–Crippen LogP) is 0.928. The van der Waals surface area contributed by atoms with Crippen LogP contribution in [0.25, 0.3) is 0 Å². The van der Waals surface area contributed by atoms with E-state index < -0.39 is 5.91 Å². The Morgan fingerprint density at radius 2 is 2.29 bits per heavy atom. The number of aryl methyl sites for hydroxylation is 2. The van der Waals surface area contributed by atoms with Crippen LogP contribution in [0.2, 0.25) is 0 Å². The fourth-order valence-corrected chi connectivity index (χ4v) is 2.33. The molecule has 1 aromatic heterocycles. The summed E-state index contributed by atoms with van der Waals surface area (Å²) in [7, 11) is 0. The van der Waals surface area contributed by atoms with Crippen molar-refractivity contribution in [2.45, 2.75) is 26.3 Å². The maximum Gasteiger partial charge on any atom is 0.269 e. The fourth-order valence-electron chi connectivity index (χ4n) is 1.64. The molecule has 0 N–H and O–H groups in total. The summed E-state index contributed by atoms with van der Waals surface area (Å²) >= 11 is 1.70. The van der Waals surface area contributed by atoms with Gasteiger partial charge in [0.2, 0.25) is 5.01 Å². The minimum atomic E-state index is -0.417. The van der Waals surface area contributed by atoms with Crippen molar-refractivity contribution >= 4 is 40.1 Å². The van der Waals surface area contributed by atoms with Gasteiger partial charge in [0.1, 0.15) is 6.54 Å². The van der Waals surface area contributed by atoms with Crippen LogP contribution < -0.4 is 9.67 Å². The molecule has 0 bridgehead atoms. The van der Waals surface area contributed by atoms with E-state index in [1.54, 1.807) is 11.3 Å². The van der Waals surface area contributed by atoms with Crippen LogP contribution >= 0.6 is 28.3 Å². The van der Waals surface area contributed by atoms with E-state index >= 15 is 0 Å². The summed E-state index contributed by atoms with van der Waals surface area (Å²) < 4.78 is 2.14. The largest absolute Gasteiger partial charge is 0.858 e. The summed E-state index contributed by atoms with van der Waals surface area (Å²) in [5.41, 5.74) is 0.540. The van der Waals surface area contributed by atoms with Crippen molar-refractivity contribution in [1.82, 2.24) is 0 Å². The van der Waals surface area contributed by atoms with Gasteiger partial charge in [-0.1, -0.05) is 11.3 Å². The van der Waals surface area contributed by atoms with Crippen molar-refractivity contribution < 1.29 is 14.5 Å². The zero-order valence-electron chi connectivity index (χ0n) is 9.38. The minimum absolute atomic E-state index is 0. The molecule has 1 aliphatic heterocycles. The summed E-state index contributed by atoms with van der Waals surface area (Å²) in [4.78, 5) is 14.2. The van der Waals surface area contributed by atoms with Gasteiger partial charge in [-0.05, 0) is 17.9 Å². The van der Waals surface area contributed by atoms with E-state index in [1.165, 1.54) is 11.1 Å². The van der Waals surface area contributed by atoms with Crippen molar-refractivity contribution in [1.29, 1.82) is 0 Å². The number of thiazole rings is 1. The molecule has 1 aliphatic rings. The molecule has 0 saturated carbocycles. The van der Waals surface area contributed by atoms with E-state index in [9.17, 15) is 9.90 Å². The average molecular weight is 317 g/mol. The fraction of sp³-hybridized carbons (Fsp3) is 0.364. The molecule has 0 radical (unpaired) electrons. The quantitative estimate of drug-likeness (QED) is 0.776. The molecule has 1 amide bonds. The Balaban J connectivity index is 0.00000144. The lowest BCUT2D eigenvalue weighted by atomic mass is 10.1. The smallest absolute Gasteiger partial charge is 0.269 e. The number of rotatable bonds is 4. The Morgan fingerprint density at radius 1 is 1.53 bits per heavy atom. The zero-order valence-corrected chi connectivity index (χ0v) is 11.9. The number of nitrogens with zero attached hydrogens (tertiary/aromatic N) is 2. The van der Waals surface area contributed by atoms with E-state index in [-0.39, 0.29) is 22.9 Å². The molecule has 0 aliphatic carbocycles. The van der Waals surface area contributed by atoms with E-state index in [2.05, 4.69) is 16.5 Å². The number of halogens is 1. The minimum Gasteiger partial charge on any atom is -0.858 e. The average Bonchev–Trinajstić information content (AvgIpc) is 2.75. The topological polar surface area (TPSA) is 56.4 Å². The molecule has 92 valence electrons. The Labute approximate surface area is 114 Å².